The highest BCUT2D eigenvalue weighted by Gasteiger charge is 2.48. The highest BCUT2D eigenvalue weighted by Crippen LogP contribution is 2.25. The number of amides is 4. The van der Waals surface area contributed by atoms with E-state index in [-0.39, 0.29) is 12.5 Å². The molecule has 1 aliphatic heterocycles. The number of urea groups is 1. The number of hydrogen-bond acceptors (Lipinski definition) is 3. The predicted molar refractivity (Wildman–Crippen MR) is 85.2 cm³/mol. The molecule has 3 rings (SSSR count). The molecule has 1 unspecified atom stereocenters. The third kappa shape index (κ3) is 2.59. The molecule has 0 saturated carbocycles. The molecule has 2 N–H and O–H groups in total. The monoisotopic (exact) mass is 310 g/mol. The third-order valence-electron chi connectivity index (χ3n) is 3.83. The zero-order valence-electron chi connectivity index (χ0n) is 12.6. The van der Waals surface area contributed by atoms with Crippen molar-refractivity contribution in [1.29, 1.82) is 0 Å². The lowest BCUT2D eigenvalue weighted by Crippen LogP contribution is -2.56. The first-order valence-corrected chi connectivity index (χ1v) is 7.21. The molecule has 0 bridgehead atoms. The third-order valence-corrected chi connectivity index (χ3v) is 3.83. The van der Waals surface area contributed by atoms with Crippen molar-refractivity contribution in [2.75, 3.05) is 11.4 Å². The van der Waals surface area contributed by atoms with Gasteiger partial charge >= 0.3 is 11.9 Å². The SMILES string of the molecule is Cc1ccc(N2C(=O)C3C=CC=CC3=[N+](CC(N)=O)C2=O)cc1. The van der Waals surface area contributed by atoms with Gasteiger partial charge in [-0.25, -0.2) is 4.79 Å². The van der Waals surface area contributed by atoms with Gasteiger partial charge in [0.1, 0.15) is 17.3 Å². The number of imide groups is 1. The Bertz CT molecular complexity index is 788. The topological polar surface area (TPSA) is 83.5 Å². The molecule has 1 atom stereocenters. The number of aryl methyl sites for hydroxylation is 1. The Morgan fingerprint density at radius 2 is 1.91 bits per heavy atom. The Labute approximate surface area is 133 Å². The summed E-state index contributed by atoms with van der Waals surface area (Å²) in [6, 6.07) is 6.50. The number of benzene rings is 1. The number of nitrogens with two attached hydrogens (primary N) is 1. The average Bonchev–Trinajstić information content (AvgIpc) is 2.53. The standard InChI is InChI=1S/C17H15N3O3/c1-11-6-8-12(9-7-11)20-16(22)13-4-2-3-5-14(13)19(17(20)23)10-15(18)21/h2-9,13H,10H2,1H3,(H-,18,21)/p+1. The van der Waals surface area contributed by atoms with Gasteiger partial charge in [-0.15, -0.1) is 4.90 Å². The van der Waals surface area contributed by atoms with Crippen LogP contribution in [0.5, 0.6) is 0 Å². The minimum absolute atomic E-state index is 0.265. The molecule has 1 aromatic rings. The molecule has 1 aromatic carbocycles. The van der Waals surface area contributed by atoms with E-state index in [4.69, 9.17) is 5.73 Å². The first-order valence-electron chi connectivity index (χ1n) is 7.21. The van der Waals surface area contributed by atoms with Crippen LogP contribution in [0.25, 0.3) is 0 Å². The van der Waals surface area contributed by atoms with Gasteiger partial charge in [-0.05, 0) is 25.1 Å². The van der Waals surface area contributed by atoms with Crippen LogP contribution >= 0.6 is 0 Å². The fraction of sp³-hybridized carbons (Fsp3) is 0.176. The molecule has 4 amide bonds. The minimum Gasteiger partial charge on any atom is -0.366 e. The molecule has 6 nitrogen and oxygen atoms in total. The number of nitrogens with zero attached hydrogens (tertiary/aromatic N) is 2. The van der Waals surface area contributed by atoms with Crippen LogP contribution in [0.4, 0.5) is 10.5 Å². The van der Waals surface area contributed by atoms with Crippen molar-refractivity contribution >= 4 is 29.2 Å². The van der Waals surface area contributed by atoms with E-state index in [9.17, 15) is 14.4 Å². The summed E-state index contributed by atoms with van der Waals surface area (Å²) in [6.07, 6.45) is 6.84. The van der Waals surface area contributed by atoms with E-state index >= 15 is 0 Å². The quantitative estimate of drug-likeness (QED) is 0.850. The Morgan fingerprint density at radius 3 is 2.57 bits per heavy atom. The molecule has 0 radical (unpaired) electrons. The number of hydrogen-bond donors (Lipinski definition) is 1. The summed E-state index contributed by atoms with van der Waals surface area (Å²) < 4.78 is 1.26. The molecule has 0 fully saturated rings. The van der Waals surface area contributed by atoms with Crippen LogP contribution in [0.15, 0.2) is 48.6 Å². The number of allylic oxidation sites excluding steroid dienone is 3. The zero-order valence-corrected chi connectivity index (χ0v) is 12.6. The maximum absolute atomic E-state index is 12.8. The van der Waals surface area contributed by atoms with Crippen molar-refractivity contribution in [2.45, 2.75) is 6.92 Å². The van der Waals surface area contributed by atoms with Gasteiger partial charge in [0, 0.05) is 0 Å². The van der Waals surface area contributed by atoms with Gasteiger partial charge in [0.15, 0.2) is 6.54 Å². The fourth-order valence-corrected chi connectivity index (χ4v) is 2.71. The number of rotatable bonds is 3. The van der Waals surface area contributed by atoms with Crippen LogP contribution in [0.2, 0.25) is 0 Å². The summed E-state index contributed by atoms with van der Waals surface area (Å²) in [5, 5.41) is 0. The normalized spacial score (nSPS) is 20.0. The maximum atomic E-state index is 12.8. The lowest BCUT2D eigenvalue weighted by Gasteiger charge is -2.26. The molecule has 0 aromatic heterocycles. The van der Waals surface area contributed by atoms with Crippen LogP contribution in [0.3, 0.4) is 0 Å². The number of carbonyl (C=O) groups is 3. The highest BCUT2D eigenvalue weighted by atomic mass is 16.2. The number of fused-ring (bicyclic) bond motifs is 1. The van der Waals surface area contributed by atoms with Crippen molar-refractivity contribution in [3.05, 3.63) is 54.1 Å². The van der Waals surface area contributed by atoms with Crippen molar-refractivity contribution in [3.63, 3.8) is 0 Å². The molecule has 0 spiro atoms. The minimum atomic E-state index is -0.634. The largest absolute Gasteiger partial charge is 0.506 e. The summed E-state index contributed by atoms with van der Waals surface area (Å²) in [6.45, 7) is 1.65. The van der Waals surface area contributed by atoms with Gasteiger partial charge in [-0.2, -0.15) is 9.37 Å². The second-order valence-corrected chi connectivity index (χ2v) is 5.49. The number of anilines is 1. The van der Waals surface area contributed by atoms with Crippen molar-refractivity contribution in [2.24, 2.45) is 11.7 Å². The Kier molecular flexibility index (Phi) is 3.65. The molecule has 23 heavy (non-hydrogen) atoms. The molecule has 6 heteroatoms. The predicted octanol–water partition coefficient (Wildman–Crippen LogP) is 1.14. The van der Waals surface area contributed by atoms with Gasteiger partial charge in [0.05, 0.1) is 0 Å². The second kappa shape index (κ2) is 5.64. The first-order chi connectivity index (χ1) is 11.0. The van der Waals surface area contributed by atoms with Gasteiger partial charge in [0.25, 0.3) is 5.91 Å². The molecule has 1 heterocycles. The summed E-state index contributed by atoms with van der Waals surface area (Å²) in [5.74, 6) is -1.57. The Morgan fingerprint density at radius 1 is 1.22 bits per heavy atom. The van der Waals surface area contributed by atoms with E-state index in [1.165, 1.54) is 4.58 Å². The lowest BCUT2D eigenvalue weighted by molar-refractivity contribution is -0.416. The van der Waals surface area contributed by atoms with Crippen molar-refractivity contribution in [1.82, 2.24) is 0 Å². The second-order valence-electron chi connectivity index (χ2n) is 5.49. The molecule has 116 valence electrons. The van der Waals surface area contributed by atoms with Crippen LogP contribution in [-0.2, 0) is 9.59 Å². The zero-order chi connectivity index (χ0) is 16.6. The van der Waals surface area contributed by atoms with Crippen LogP contribution in [0, 0.1) is 12.8 Å². The Hall–Kier alpha value is -3.02. The summed E-state index contributed by atoms with van der Waals surface area (Å²) in [5.41, 5.74) is 7.23. The molecular weight excluding hydrogens is 294 g/mol. The van der Waals surface area contributed by atoms with E-state index in [0.29, 0.717) is 11.4 Å². The molecule has 0 saturated heterocycles. The highest BCUT2D eigenvalue weighted by molar-refractivity contribution is 6.26. The van der Waals surface area contributed by atoms with Gasteiger partial charge < -0.3 is 5.73 Å². The first kappa shape index (κ1) is 14.9. The number of carbonyl (C=O) groups excluding carboxylic acids is 3. The number of primary amides is 1. The maximum Gasteiger partial charge on any atom is 0.506 e. The lowest BCUT2D eigenvalue weighted by atomic mass is 9.94. The molecular formula is C17H16N3O3+. The summed E-state index contributed by atoms with van der Waals surface area (Å²) in [7, 11) is 0. The van der Waals surface area contributed by atoms with E-state index in [0.717, 1.165) is 10.5 Å². The summed E-state index contributed by atoms with van der Waals surface area (Å²) >= 11 is 0. The Balaban J connectivity index is 2.11. The van der Waals surface area contributed by atoms with Gasteiger partial charge in [-0.1, -0.05) is 35.9 Å². The average molecular weight is 310 g/mol. The van der Waals surface area contributed by atoms with E-state index in [2.05, 4.69) is 0 Å². The van der Waals surface area contributed by atoms with Gasteiger partial charge in [0.2, 0.25) is 0 Å². The van der Waals surface area contributed by atoms with Crippen LogP contribution in [0.1, 0.15) is 5.56 Å². The smallest absolute Gasteiger partial charge is 0.366 e. The summed E-state index contributed by atoms with van der Waals surface area (Å²) in [4.78, 5) is 37.9. The fourth-order valence-electron chi connectivity index (χ4n) is 2.71. The van der Waals surface area contributed by atoms with Crippen molar-refractivity contribution < 1.29 is 19.0 Å². The van der Waals surface area contributed by atoms with Gasteiger partial charge in [-0.3, -0.25) is 4.79 Å². The van der Waals surface area contributed by atoms with Crippen molar-refractivity contribution in [3.8, 4) is 0 Å². The van der Waals surface area contributed by atoms with E-state index in [1.807, 2.05) is 19.1 Å². The van der Waals surface area contributed by atoms with Crippen LogP contribution in [-0.4, -0.2) is 34.7 Å². The molecule has 2 aliphatic rings. The van der Waals surface area contributed by atoms with Crippen LogP contribution < -0.4 is 10.6 Å². The van der Waals surface area contributed by atoms with E-state index in [1.54, 1.807) is 36.4 Å². The van der Waals surface area contributed by atoms with E-state index < -0.39 is 17.9 Å². The molecule has 1 aliphatic carbocycles.